The van der Waals surface area contributed by atoms with Gasteiger partial charge in [0.05, 0.1) is 7.05 Å². The van der Waals surface area contributed by atoms with Gasteiger partial charge < -0.3 is 4.42 Å². The monoisotopic (exact) mass is 427 g/mol. The van der Waals surface area contributed by atoms with Crippen LogP contribution >= 0.6 is 0 Å². The van der Waals surface area contributed by atoms with E-state index >= 15 is 0 Å². The highest BCUT2D eigenvalue weighted by Crippen LogP contribution is 2.36. The van der Waals surface area contributed by atoms with Gasteiger partial charge in [-0.1, -0.05) is 48.5 Å². The number of rotatable bonds is 1. The fourth-order valence-corrected chi connectivity index (χ4v) is 5.37. The Morgan fingerprint density at radius 3 is 2.24 bits per heavy atom. The van der Waals surface area contributed by atoms with E-state index < -0.39 is 0 Å². The number of hydrogen-bond donors (Lipinski definition) is 0. The number of hydrogen-bond acceptors (Lipinski definition) is 1. The average molecular weight is 428 g/mol. The van der Waals surface area contributed by atoms with Gasteiger partial charge in [0.2, 0.25) is 0 Å². The van der Waals surface area contributed by atoms with Crippen molar-refractivity contribution in [3.8, 4) is 5.69 Å². The summed E-state index contributed by atoms with van der Waals surface area (Å²) in [6.07, 6.45) is 0. The van der Waals surface area contributed by atoms with E-state index in [1.807, 2.05) is 12.1 Å². The minimum atomic E-state index is 0.937. The van der Waals surface area contributed by atoms with Crippen molar-refractivity contribution in [3.05, 3.63) is 96.3 Å². The maximum atomic E-state index is 6.21. The van der Waals surface area contributed by atoms with Crippen molar-refractivity contribution in [2.75, 3.05) is 0 Å². The van der Waals surface area contributed by atoms with E-state index in [9.17, 15) is 0 Å². The van der Waals surface area contributed by atoms with Crippen LogP contribution < -0.4 is 4.57 Å². The maximum absolute atomic E-state index is 6.21. The zero-order valence-electron chi connectivity index (χ0n) is 18.9. The van der Waals surface area contributed by atoms with Gasteiger partial charge in [0, 0.05) is 17.7 Å². The first-order valence-corrected chi connectivity index (χ1v) is 11.3. The molecule has 0 saturated carbocycles. The molecular weight excluding hydrogens is 404 g/mol. The number of aromatic nitrogens is 2. The predicted molar refractivity (Wildman–Crippen MR) is 136 cm³/mol. The SMILES string of the molecule is Cc1ccccc1-n1c(C)[n+](C)c2cc3c(ccc4cc5c(cc43)oc3ccccc35)cc21. The summed E-state index contributed by atoms with van der Waals surface area (Å²) in [6, 6.07) is 30.5. The molecule has 0 fully saturated rings. The molecule has 3 heteroatoms. The second-order valence-corrected chi connectivity index (χ2v) is 9.02. The molecule has 0 aliphatic carbocycles. The van der Waals surface area contributed by atoms with Gasteiger partial charge in [-0.2, -0.15) is 4.57 Å². The van der Waals surface area contributed by atoms with Crippen molar-refractivity contribution in [3.63, 3.8) is 0 Å². The lowest BCUT2D eigenvalue weighted by atomic mass is 9.99. The number of benzene rings is 5. The highest BCUT2D eigenvalue weighted by atomic mass is 16.3. The van der Waals surface area contributed by atoms with Crippen LogP contribution in [-0.2, 0) is 7.05 Å². The number of nitrogens with zero attached hydrogens (tertiary/aromatic N) is 2. The zero-order valence-corrected chi connectivity index (χ0v) is 18.9. The van der Waals surface area contributed by atoms with Crippen LogP contribution in [0.1, 0.15) is 11.4 Å². The Kier molecular flexibility index (Phi) is 3.61. The summed E-state index contributed by atoms with van der Waals surface area (Å²) in [5.74, 6) is 1.21. The van der Waals surface area contributed by atoms with Crippen LogP contribution in [0.25, 0.3) is 60.2 Å². The zero-order chi connectivity index (χ0) is 22.3. The van der Waals surface area contributed by atoms with Crippen LogP contribution in [0.15, 0.2) is 89.3 Å². The van der Waals surface area contributed by atoms with Crippen LogP contribution in [-0.4, -0.2) is 4.57 Å². The molecule has 0 aliphatic rings. The summed E-state index contributed by atoms with van der Waals surface area (Å²) in [6.45, 7) is 4.36. The van der Waals surface area contributed by atoms with Crippen molar-refractivity contribution in [1.29, 1.82) is 0 Å². The first-order valence-electron chi connectivity index (χ1n) is 11.3. The van der Waals surface area contributed by atoms with Crippen LogP contribution in [0.2, 0.25) is 0 Å². The molecule has 33 heavy (non-hydrogen) atoms. The van der Waals surface area contributed by atoms with Crippen molar-refractivity contribution < 1.29 is 8.98 Å². The summed E-state index contributed by atoms with van der Waals surface area (Å²) in [4.78, 5) is 0. The lowest BCUT2D eigenvalue weighted by Gasteiger charge is -2.06. The number of aryl methyl sites for hydroxylation is 2. The van der Waals surface area contributed by atoms with E-state index in [2.05, 4.69) is 103 Å². The third kappa shape index (κ3) is 2.48. The average Bonchev–Trinajstić information content (AvgIpc) is 3.31. The van der Waals surface area contributed by atoms with Gasteiger partial charge in [-0.25, -0.2) is 4.57 Å². The highest BCUT2D eigenvalue weighted by Gasteiger charge is 2.23. The molecular formula is C30H23N2O+. The van der Waals surface area contributed by atoms with Crippen LogP contribution in [0.4, 0.5) is 0 Å². The minimum absolute atomic E-state index is 0.937. The molecule has 0 unspecified atom stereocenters. The third-order valence-electron chi connectivity index (χ3n) is 7.20. The Morgan fingerprint density at radius 1 is 0.667 bits per heavy atom. The molecule has 158 valence electrons. The molecule has 5 aromatic carbocycles. The lowest BCUT2D eigenvalue weighted by Crippen LogP contribution is -2.30. The van der Waals surface area contributed by atoms with Gasteiger partial charge in [-0.05, 0) is 70.4 Å². The summed E-state index contributed by atoms with van der Waals surface area (Å²) < 4.78 is 10.9. The van der Waals surface area contributed by atoms with Gasteiger partial charge in [0.15, 0.2) is 11.0 Å². The van der Waals surface area contributed by atoms with E-state index in [0.717, 1.165) is 11.2 Å². The predicted octanol–water partition coefficient (Wildman–Crippen LogP) is 7.28. The van der Waals surface area contributed by atoms with Crippen molar-refractivity contribution >= 4 is 54.5 Å². The van der Waals surface area contributed by atoms with Gasteiger partial charge >= 0.3 is 0 Å². The quantitative estimate of drug-likeness (QED) is 0.199. The van der Waals surface area contributed by atoms with Crippen LogP contribution in [0.5, 0.6) is 0 Å². The summed E-state index contributed by atoms with van der Waals surface area (Å²) >= 11 is 0. The molecule has 0 saturated heterocycles. The molecule has 3 nitrogen and oxygen atoms in total. The lowest BCUT2D eigenvalue weighted by molar-refractivity contribution is -0.652. The number of para-hydroxylation sites is 2. The molecule has 2 aromatic heterocycles. The Hall–Kier alpha value is -4.11. The maximum Gasteiger partial charge on any atom is 0.259 e. The normalized spacial score (nSPS) is 12.1. The minimum Gasteiger partial charge on any atom is -0.456 e. The molecule has 7 aromatic rings. The molecule has 0 bridgehead atoms. The Labute approximate surface area is 191 Å². The molecule has 7 rings (SSSR count). The number of imidazole rings is 1. The largest absolute Gasteiger partial charge is 0.456 e. The van der Waals surface area contributed by atoms with E-state index in [1.54, 1.807) is 0 Å². The van der Waals surface area contributed by atoms with E-state index in [0.29, 0.717) is 0 Å². The molecule has 2 heterocycles. The standard InChI is InChI=1S/C30H23N2O/c1-18-8-4-6-10-26(18)32-19(2)31(3)27-16-23-21(15-28(27)32)13-12-20-14-25-22-9-5-7-11-29(22)33-30(25)17-24(20)23/h4-17H,1-3H3/q+1. The van der Waals surface area contributed by atoms with Crippen molar-refractivity contribution in [2.24, 2.45) is 7.05 Å². The second kappa shape index (κ2) is 6.46. The summed E-state index contributed by atoms with van der Waals surface area (Å²) in [5.41, 5.74) is 6.82. The smallest absolute Gasteiger partial charge is 0.259 e. The Bertz CT molecular complexity index is 1900. The van der Waals surface area contributed by atoms with Crippen LogP contribution in [0, 0.1) is 13.8 Å². The van der Waals surface area contributed by atoms with E-state index in [1.165, 1.54) is 60.4 Å². The number of furan rings is 1. The molecule has 0 amide bonds. The van der Waals surface area contributed by atoms with Crippen molar-refractivity contribution in [2.45, 2.75) is 13.8 Å². The number of fused-ring (bicyclic) bond motifs is 7. The van der Waals surface area contributed by atoms with Crippen molar-refractivity contribution in [1.82, 2.24) is 4.57 Å². The van der Waals surface area contributed by atoms with E-state index in [-0.39, 0.29) is 0 Å². The molecule has 0 N–H and O–H groups in total. The fourth-order valence-electron chi connectivity index (χ4n) is 5.37. The first-order chi connectivity index (χ1) is 16.1. The molecule has 0 spiro atoms. The first kappa shape index (κ1) is 18.5. The topological polar surface area (TPSA) is 21.9 Å². The molecule has 0 radical (unpaired) electrons. The third-order valence-corrected chi connectivity index (χ3v) is 7.20. The second-order valence-electron chi connectivity index (χ2n) is 9.02. The highest BCUT2D eigenvalue weighted by molar-refractivity contribution is 6.17. The molecule has 0 atom stereocenters. The summed E-state index contributed by atoms with van der Waals surface area (Å²) in [7, 11) is 2.15. The van der Waals surface area contributed by atoms with Gasteiger partial charge in [0.1, 0.15) is 16.9 Å². The Balaban J connectivity index is 1.59. The van der Waals surface area contributed by atoms with E-state index in [4.69, 9.17) is 4.42 Å². The molecule has 0 aliphatic heterocycles. The van der Waals surface area contributed by atoms with Gasteiger partial charge in [0.25, 0.3) is 5.82 Å². The van der Waals surface area contributed by atoms with Crippen LogP contribution in [0.3, 0.4) is 0 Å². The van der Waals surface area contributed by atoms with Gasteiger partial charge in [-0.3, -0.25) is 0 Å². The summed E-state index contributed by atoms with van der Waals surface area (Å²) in [5, 5.41) is 7.28. The van der Waals surface area contributed by atoms with Gasteiger partial charge in [-0.15, -0.1) is 0 Å². The Morgan fingerprint density at radius 2 is 1.39 bits per heavy atom. The fraction of sp³-hybridized carbons (Fsp3) is 0.100.